The summed E-state index contributed by atoms with van der Waals surface area (Å²) in [6, 6.07) is 0. The van der Waals surface area contributed by atoms with Crippen molar-refractivity contribution in [3.63, 3.8) is 0 Å². The van der Waals surface area contributed by atoms with Crippen LogP contribution in [-0.2, 0) is 0 Å². The zero-order chi connectivity index (χ0) is 3.70. The zero-order valence-corrected chi connectivity index (χ0v) is 10.1. The third-order valence-corrected chi connectivity index (χ3v) is 3.69. The smallest absolute Gasteiger partial charge is 0 e. The Morgan fingerprint density at radius 2 is 2.33 bits per heavy atom. The number of hydrogen-bond acceptors (Lipinski definition) is 0. The second-order valence-electron chi connectivity index (χ2n) is 1.24. The summed E-state index contributed by atoms with van der Waals surface area (Å²) in [6.45, 7) is 3.78. The number of alkyl halides is 2. The summed E-state index contributed by atoms with van der Waals surface area (Å²) in [5.74, 6) is 0. The van der Waals surface area contributed by atoms with Gasteiger partial charge in [0.2, 0.25) is 0 Å². The van der Waals surface area contributed by atoms with Crippen molar-refractivity contribution in [2.24, 2.45) is 0 Å². The number of halogens is 1. The maximum atomic E-state index is 3.78. The van der Waals surface area contributed by atoms with Crippen LogP contribution in [0.25, 0.3) is 0 Å². The SMILES string of the molecule is [CH2-]CC1C[IH]1.[U]. The van der Waals surface area contributed by atoms with Crippen molar-refractivity contribution < 1.29 is 31.1 Å². The maximum Gasteiger partial charge on any atom is 0 e. The van der Waals surface area contributed by atoms with Crippen molar-refractivity contribution in [1.82, 2.24) is 0 Å². The first-order chi connectivity index (χ1) is 2.43. The normalized spacial score (nSPS) is 29.8. The second-order valence-corrected chi connectivity index (χ2v) is 5.05. The Labute approximate surface area is 73.1 Å². The van der Waals surface area contributed by atoms with Crippen LogP contribution in [0.15, 0.2) is 0 Å². The van der Waals surface area contributed by atoms with E-state index in [1.807, 2.05) is 0 Å². The van der Waals surface area contributed by atoms with E-state index in [1.54, 1.807) is 4.43 Å². The van der Waals surface area contributed by atoms with Gasteiger partial charge in [0, 0.05) is 31.1 Å². The van der Waals surface area contributed by atoms with Crippen LogP contribution in [0, 0.1) is 38.0 Å². The molecule has 1 aliphatic rings. The van der Waals surface area contributed by atoms with Gasteiger partial charge in [0.05, 0.1) is 0 Å². The first kappa shape index (κ1) is 7.78. The van der Waals surface area contributed by atoms with E-state index in [-0.39, 0.29) is 31.1 Å². The van der Waals surface area contributed by atoms with Crippen molar-refractivity contribution in [3.8, 4) is 0 Å². The summed E-state index contributed by atoms with van der Waals surface area (Å²) in [6.07, 6.45) is 1.22. The summed E-state index contributed by atoms with van der Waals surface area (Å²) >= 11 is 0.578. The van der Waals surface area contributed by atoms with Crippen LogP contribution in [0.3, 0.4) is 0 Å². The van der Waals surface area contributed by atoms with E-state index >= 15 is 0 Å². The molecule has 0 aromatic heterocycles. The topological polar surface area (TPSA) is 0 Å². The first-order valence-corrected chi connectivity index (χ1v) is 4.83. The third kappa shape index (κ3) is 2.87. The van der Waals surface area contributed by atoms with Crippen LogP contribution in [0.4, 0.5) is 0 Å². The minimum atomic E-state index is 0. The van der Waals surface area contributed by atoms with Crippen molar-refractivity contribution in [2.75, 3.05) is 4.43 Å². The van der Waals surface area contributed by atoms with E-state index in [0.29, 0.717) is 21.2 Å². The van der Waals surface area contributed by atoms with E-state index in [0.717, 1.165) is 3.92 Å². The van der Waals surface area contributed by atoms with E-state index in [9.17, 15) is 0 Å². The van der Waals surface area contributed by atoms with E-state index in [4.69, 9.17) is 0 Å². The Morgan fingerprint density at radius 1 is 1.83 bits per heavy atom. The van der Waals surface area contributed by atoms with Gasteiger partial charge < -0.3 is 0 Å². The quantitative estimate of drug-likeness (QED) is 0.341. The molecule has 0 N–H and O–H groups in total. The van der Waals surface area contributed by atoms with E-state index in [2.05, 4.69) is 6.92 Å². The van der Waals surface area contributed by atoms with Gasteiger partial charge in [-0.25, -0.2) is 0 Å². The number of rotatable bonds is 1. The largest absolute Gasteiger partial charge is 0 e. The van der Waals surface area contributed by atoms with Gasteiger partial charge in [-0.3, -0.25) is 0 Å². The summed E-state index contributed by atoms with van der Waals surface area (Å²) in [4.78, 5) is 0. The van der Waals surface area contributed by atoms with Gasteiger partial charge in [-0.05, 0) is 0 Å². The molecule has 1 fully saturated rings. The molecule has 1 atom stereocenters. The van der Waals surface area contributed by atoms with Crippen LogP contribution in [-0.4, -0.2) is 8.35 Å². The predicted octanol–water partition coefficient (Wildman–Crippen LogP) is 1.30. The summed E-state index contributed by atoms with van der Waals surface area (Å²) in [5, 5.41) is 0. The molecule has 1 heterocycles. The summed E-state index contributed by atoms with van der Waals surface area (Å²) in [7, 11) is 0. The molecule has 1 aliphatic heterocycles. The van der Waals surface area contributed by atoms with Crippen LogP contribution in [0.1, 0.15) is 6.42 Å². The molecule has 1 saturated heterocycles. The molecule has 6 heavy (non-hydrogen) atoms. The maximum absolute atomic E-state index is 3.78. The van der Waals surface area contributed by atoms with E-state index in [1.165, 1.54) is 6.42 Å². The summed E-state index contributed by atoms with van der Waals surface area (Å²) < 4.78 is 2.73. The molecule has 0 bridgehead atoms. The van der Waals surface area contributed by atoms with Crippen LogP contribution < -0.4 is 0 Å². The average Bonchev–Trinajstić information content (AvgIpc) is 2.12. The van der Waals surface area contributed by atoms with Gasteiger partial charge in [0.25, 0.3) is 0 Å². The fraction of sp³-hybridized carbons (Fsp3) is 0.750. The standard InChI is InChI=1S/C4H8I.U/c1-2-4-3-5-4;/h4-5H,1-3H2;/q-1;. The van der Waals surface area contributed by atoms with Crippen molar-refractivity contribution >= 4 is 21.2 Å². The Hall–Kier alpha value is 1.78. The predicted molar refractivity (Wildman–Crippen MR) is 34.0 cm³/mol. The molecular weight excluding hydrogens is 413 g/mol. The molecule has 0 amide bonds. The van der Waals surface area contributed by atoms with Gasteiger partial charge in [0.15, 0.2) is 0 Å². The fourth-order valence-corrected chi connectivity index (χ4v) is 1.57. The van der Waals surface area contributed by atoms with Crippen LogP contribution in [0.2, 0.25) is 0 Å². The Kier molecular flexibility index (Phi) is 4.86. The Morgan fingerprint density at radius 3 is 2.33 bits per heavy atom. The van der Waals surface area contributed by atoms with E-state index < -0.39 is 0 Å². The molecule has 36 valence electrons. The van der Waals surface area contributed by atoms with Crippen molar-refractivity contribution in [1.29, 1.82) is 0 Å². The zero-order valence-electron chi connectivity index (χ0n) is 3.61. The second kappa shape index (κ2) is 3.74. The van der Waals surface area contributed by atoms with Crippen LogP contribution >= 0.6 is 21.2 Å². The number of hydrogen-bond donors (Lipinski definition) is 0. The Bertz CT molecular complexity index is 34.5. The minimum Gasteiger partial charge on any atom is 0 e. The molecule has 0 spiro atoms. The average molecular weight is 421 g/mol. The molecule has 1 rings (SSSR count). The molecule has 1 unspecified atom stereocenters. The molecule has 0 radical (unpaired) electrons. The van der Waals surface area contributed by atoms with Gasteiger partial charge in [-0.1, -0.05) is 0 Å². The molecule has 0 nitrogen and oxygen atoms in total. The van der Waals surface area contributed by atoms with Gasteiger partial charge in [0.1, 0.15) is 0 Å². The fourth-order valence-electron chi connectivity index (χ4n) is 0.235. The van der Waals surface area contributed by atoms with Crippen molar-refractivity contribution in [3.05, 3.63) is 6.92 Å². The Balaban J connectivity index is 0.000000250. The minimum absolute atomic E-state index is 0. The van der Waals surface area contributed by atoms with Crippen molar-refractivity contribution in [2.45, 2.75) is 10.3 Å². The summed E-state index contributed by atoms with van der Waals surface area (Å²) in [5.41, 5.74) is 0. The molecular formula is C4H8IU-. The van der Waals surface area contributed by atoms with Gasteiger partial charge >= 0.3 is 42.9 Å². The monoisotopic (exact) mass is 421 g/mol. The van der Waals surface area contributed by atoms with Crippen LogP contribution in [0.5, 0.6) is 0 Å². The van der Waals surface area contributed by atoms with Gasteiger partial charge in [-0.2, -0.15) is 0 Å². The molecule has 0 aromatic carbocycles. The first-order valence-electron chi connectivity index (χ1n) is 1.84. The molecule has 0 aliphatic carbocycles. The molecule has 0 aromatic rings. The molecule has 2 heteroatoms. The third-order valence-electron chi connectivity index (χ3n) is 0.724. The van der Waals surface area contributed by atoms with Gasteiger partial charge in [-0.15, -0.1) is 0 Å². The molecule has 0 saturated carbocycles.